The number of halogens is 3. The summed E-state index contributed by atoms with van der Waals surface area (Å²) in [5, 5.41) is 6.74. The lowest BCUT2D eigenvalue weighted by Gasteiger charge is -2.08. The van der Waals surface area contributed by atoms with E-state index in [0.29, 0.717) is 33.9 Å². The molecule has 1 aliphatic rings. The molecule has 0 radical (unpaired) electrons. The summed E-state index contributed by atoms with van der Waals surface area (Å²) in [7, 11) is 0. The number of aliphatic imine (C=N–C) groups is 1. The number of benzene rings is 1. The third-order valence-electron chi connectivity index (χ3n) is 3.14. The summed E-state index contributed by atoms with van der Waals surface area (Å²) >= 11 is 17.6. The molecule has 2 amide bonds. The first-order chi connectivity index (χ1) is 11.0. The van der Waals surface area contributed by atoms with Gasteiger partial charge in [-0.25, -0.2) is 9.78 Å². The Morgan fingerprint density at radius 2 is 1.87 bits per heavy atom. The van der Waals surface area contributed by atoms with E-state index in [1.807, 2.05) is 6.07 Å². The maximum Gasteiger partial charge on any atom is 0.319 e. The molecule has 2 N–H and O–H groups in total. The van der Waals surface area contributed by atoms with Crippen LogP contribution in [0.3, 0.4) is 0 Å². The van der Waals surface area contributed by atoms with Crippen molar-refractivity contribution in [1.29, 1.82) is 0 Å². The summed E-state index contributed by atoms with van der Waals surface area (Å²) in [6, 6.07) is 7.95. The highest BCUT2D eigenvalue weighted by atomic mass is 35.5. The monoisotopic (exact) mass is 368 g/mol. The average molecular weight is 370 g/mol. The van der Waals surface area contributed by atoms with Crippen molar-refractivity contribution >= 4 is 57.9 Å². The Balaban J connectivity index is 1.56. The summed E-state index contributed by atoms with van der Waals surface area (Å²) in [6.07, 6.45) is 0.569. The molecule has 3 rings (SSSR count). The number of anilines is 1. The van der Waals surface area contributed by atoms with E-state index in [0.717, 1.165) is 17.1 Å². The number of nitrogens with one attached hydrogen (secondary N) is 2. The van der Waals surface area contributed by atoms with Gasteiger partial charge in [-0.05, 0) is 30.3 Å². The number of amides is 2. The van der Waals surface area contributed by atoms with Crippen LogP contribution in [0.25, 0.3) is 0 Å². The number of carbonyl (C=O) groups is 1. The highest BCUT2D eigenvalue weighted by molar-refractivity contribution is 6.35. The van der Waals surface area contributed by atoms with Crippen molar-refractivity contribution in [1.82, 2.24) is 10.3 Å². The molecule has 2 heterocycles. The fourth-order valence-electron chi connectivity index (χ4n) is 2.19. The van der Waals surface area contributed by atoms with Crippen molar-refractivity contribution in [2.45, 2.75) is 6.42 Å². The molecule has 0 atom stereocenters. The number of pyridine rings is 1. The second-order valence-corrected chi connectivity index (χ2v) is 6.18. The van der Waals surface area contributed by atoms with Crippen LogP contribution in [0, 0.1) is 0 Å². The first kappa shape index (κ1) is 16.1. The van der Waals surface area contributed by atoms with Gasteiger partial charge in [-0.1, -0.05) is 34.8 Å². The maximum atomic E-state index is 11.9. The minimum absolute atomic E-state index is 0.314. The van der Waals surface area contributed by atoms with Gasteiger partial charge in [-0.2, -0.15) is 0 Å². The Morgan fingerprint density at radius 3 is 2.61 bits per heavy atom. The second kappa shape index (κ2) is 6.74. The minimum atomic E-state index is -0.368. The number of rotatable bonds is 3. The van der Waals surface area contributed by atoms with E-state index in [2.05, 4.69) is 20.6 Å². The number of fused-ring (bicyclic) bond motifs is 1. The summed E-state index contributed by atoms with van der Waals surface area (Å²) in [6.45, 7) is 0.314. The van der Waals surface area contributed by atoms with E-state index in [1.165, 1.54) is 0 Å². The van der Waals surface area contributed by atoms with E-state index in [1.54, 1.807) is 24.3 Å². The van der Waals surface area contributed by atoms with Gasteiger partial charge >= 0.3 is 6.03 Å². The van der Waals surface area contributed by atoms with E-state index in [-0.39, 0.29) is 6.03 Å². The first-order valence-corrected chi connectivity index (χ1v) is 7.86. The molecule has 0 spiro atoms. The molecule has 1 aliphatic heterocycles. The summed E-state index contributed by atoms with van der Waals surface area (Å²) in [5.74, 6) is 0. The second-order valence-electron chi connectivity index (χ2n) is 4.92. The highest BCUT2D eigenvalue weighted by Gasteiger charge is 2.16. The number of hydrogen-bond donors (Lipinski definition) is 2. The molecule has 23 heavy (non-hydrogen) atoms. The van der Waals surface area contributed by atoms with Crippen LogP contribution in [0.1, 0.15) is 5.69 Å². The first-order valence-electron chi connectivity index (χ1n) is 6.72. The van der Waals surface area contributed by atoms with Gasteiger partial charge in [0.2, 0.25) is 0 Å². The maximum absolute atomic E-state index is 11.9. The van der Waals surface area contributed by atoms with E-state index >= 15 is 0 Å². The SMILES string of the molecule is O=C(NCC1=Nc2ccc(Cl)nc2C1)Nc1cc(Cl)cc(Cl)c1. The molecule has 8 heteroatoms. The van der Waals surface area contributed by atoms with Crippen molar-refractivity contribution in [2.75, 3.05) is 11.9 Å². The molecule has 1 aromatic heterocycles. The largest absolute Gasteiger partial charge is 0.333 e. The van der Waals surface area contributed by atoms with Gasteiger partial charge in [0, 0.05) is 27.9 Å². The molecule has 0 fully saturated rings. The Morgan fingerprint density at radius 1 is 1.13 bits per heavy atom. The molecule has 0 unspecified atom stereocenters. The lowest BCUT2D eigenvalue weighted by atomic mass is 10.2. The number of carbonyl (C=O) groups excluding carboxylic acids is 1. The third-order valence-corrected chi connectivity index (χ3v) is 3.79. The zero-order valence-electron chi connectivity index (χ0n) is 11.7. The minimum Gasteiger partial charge on any atom is -0.333 e. The number of urea groups is 1. The van der Waals surface area contributed by atoms with Crippen LogP contribution in [-0.2, 0) is 6.42 Å². The standard InChI is InChI=1S/C15H11Cl3N4O/c16-8-3-9(17)5-10(4-8)21-15(23)19-7-11-6-13-12(20-11)1-2-14(18)22-13/h1-5H,6-7H2,(H2,19,21,23). The van der Waals surface area contributed by atoms with Crippen LogP contribution in [0.4, 0.5) is 16.2 Å². The number of hydrogen-bond acceptors (Lipinski definition) is 3. The van der Waals surface area contributed by atoms with Gasteiger partial charge in [-0.3, -0.25) is 4.99 Å². The highest BCUT2D eigenvalue weighted by Crippen LogP contribution is 2.26. The predicted octanol–water partition coefficient (Wildman–Crippen LogP) is 4.49. The quantitative estimate of drug-likeness (QED) is 0.783. The lowest BCUT2D eigenvalue weighted by Crippen LogP contribution is -2.33. The van der Waals surface area contributed by atoms with E-state index in [9.17, 15) is 4.79 Å². The number of aromatic nitrogens is 1. The predicted molar refractivity (Wildman–Crippen MR) is 93.5 cm³/mol. The molecular weight excluding hydrogens is 359 g/mol. The fraction of sp³-hybridized carbons (Fsp3) is 0.133. The van der Waals surface area contributed by atoms with E-state index < -0.39 is 0 Å². The smallest absolute Gasteiger partial charge is 0.319 e. The molecule has 118 valence electrons. The third kappa shape index (κ3) is 4.13. The molecule has 0 saturated heterocycles. The van der Waals surface area contributed by atoms with Crippen LogP contribution in [0.2, 0.25) is 15.2 Å². The van der Waals surface area contributed by atoms with Crippen LogP contribution >= 0.6 is 34.8 Å². The summed E-state index contributed by atoms with van der Waals surface area (Å²) < 4.78 is 0. The zero-order valence-corrected chi connectivity index (χ0v) is 14.0. The van der Waals surface area contributed by atoms with Crippen LogP contribution in [0.5, 0.6) is 0 Å². The fourth-order valence-corrected chi connectivity index (χ4v) is 2.88. The van der Waals surface area contributed by atoms with Crippen LogP contribution < -0.4 is 10.6 Å². The van der Waals surface area contributed by atoms with E-state index in [4.69, 9.17) is 34.8 Å². The Hall–Kier alpha value is -1.82. The van der Waals surface area contributed by atoms with Gasteiger partial charge in [0.1, 0.15) is 5.15 Å². The van der Waals surface area contributed by atoms with Crippen LogP contribution in [0.15, 0.2) is 35.3 Å². The van der Waals surface area contributed by atoms with Gasteiger partial charge in [-0.15, -0.1) is 0 Å². The van der Waals surface area contributed by atoms with Crippen molar-refractivity contribution in [3.63, 3.8) is 0 Å². The Bertz CT molecular complexity index is 787. The van der Waals surface area contributed by atoms with Crippen LogP contribution in [-0.4, -0.2) is 23.3 Å². The molecule has 1 aromatic carbocycles. The molecular formula is C15H11Cl3N4O. The van der Waals surface area contributed by atoms with Gasteiger partial charge in [0.15, 0.2) is 0 Å². The van der Waals surface area contributed by atoms with Crippen molar-refractivity contribution in [2.24, 2.45) is 4.99 Å². The summed E-state index contributed by atoms with van der Waals surface area (Å²) in [5.41, 5.74) is 2.93. The zero-order chi connectivity index (χ0) is 16.4. The van der Waals surface area contributed by atoms with Gasteiger partial charge in [0.05, 0.1) is 17.9 Å². The topological polar surface area (TPSA) is 66.4 Å². The molecule has 5 nitrogen and oxygen atoms in total. The molecule has 2 aromatic rings. The molecule has 0 bridgehead atoms. The van der Waals surface area contributed by atoms with Crippen molar-refractivity contribution in [3.8, 4) is 0 Å². The number of nitrogens with zero attached hydrogens (tertiary/aromatic N) is 2. The lowest BCUT2D eigenvalue weighted by molar-refractivity contribution is 0.253. The molecule has 0 saturated carbocycles. The van der Waals surface area contributed by atoms with Gasteiger partial charge in [0.25, 0.3) is 0 Å². The Kier molecular flexibility index (Phi) is 4.71. The van der Waals surface area contributed by atoms with Crippen molar-refractivity contribution in [3.05, 3.63) is 51.2 Å². The normalized spacial score (nSPS) is 12.6. The van der Waals surface area contributed by atoms with Gasteiger partial charge < -0.3 is 10.6 Å². The average Bonchev–Trinajstić information content (AvgIpc) is 2.86. The van der Waals surface area contributed by atoms with Crippen molar-refractivity contribution < 1.29 is 4.79 Å². The summed E-state index contributed by atoms with van der Waals surface area (Å²) in [4.78, 5) is 20.5. The Labute approximate surface area is 147 Å². The molecule has 0 aliphatic carbocycles.